The van der Waals surface area contributed by atoms with Crippen molar-refractivity contribution >= 4 is 48.9 Å². The summed E-state index contributed by atoms with van der Waals surface area (Å²) in [7, 11) is 0. The van der Waals surface area contributed by atoms with Crippen LogP contribution in [-0.4, -0.2) is 48.8 Å². The highest BCUT2D eigenvalue weighted by molar-refractivity contribution is 5.86. The van der Waals surface area contributed by atoms with E-state index in [1.165, 1.54) is 5.56 Å². The Bertz CT molecular complexity index is 545. The SMILES string of the molecule is Cc1ccc(N2CCC(NC(=O)C3(N)CCOCC3)CC2)nc1.Cl.Cl.Cl. The van der Waals surface area contributed by atoms with Gasteiger partial charge in [0, 0.05) is 38.5 Å². The minimum atomic E-state index is -0.756. The lowest BCUT2D eigenvalue weighted by atomic mass is 9.89. The summed E-state index contributed by atoms with van der Waals surface area (Å²) in [6, 6.07) is 4.34. The van der Waals surface area contributed by atoms with Crippen LogP contribution in [0.1, 0.15) is 31.2 Å². The smallest absolute Gasteiger partial charge is 0.240 e. The Balaban J connectivity index is 0.00000208. The number of nitrogens with zero attached hydrogens (tertiary/aromatic N) is 2. The summed E-state index contributed by atoms with van der Waals surface area (Å²) >= 11 is 0. The van der Waals surface area contributed by atoms with Crippen molar-refractivity contribution in [1.82, 2.24) is 10.3 Å². The number of halogens is 3. The van der Waals surface area contributed by atoms with Crippen LogP contribution < -0.4 is 16.0 Å². The first-order valence-corrected chi connectivity index (χ1v) is 8.42. The maximum atomic E-state index is 12.5. The van der Waals surface area contributed by atoms with E-state index in [1.54, 1.807) is 0 Å². The molecule has 0 unspecified atom stereocenters. The number of aromatic nitrogens is 1. The van der Waals surface area contributed by atoms with Gasteiger partial charge in [-0.2, -0.15) is 0 Å². The summed E-state index contributed by atoms with van der Waals surface area (Å²) in [4.78, 5) is 19.2. The number of carbonyl (C=O) groups excluding carboxylic acids is 1. The third-order valence-electron chi connectivity index (χ3n) is 4.89. The van der Waals surface area contributed by atoms with Gasteiger partial charge >= 0.3 is 0 Å². The molecule has 3 heterocycles. The van der Waals surface area contributed by atoms with Crippen molar-refractivity contribution in [3.05, 3.63) is 23.9 Å². The van der Waals surface area contributed by atoms with E-state index < -0.39 is 5.54 Å². The Morgan fingerprint density at radius 2 is 1.85 bits per heavy atom. The number of hydrogen-bond acceptors (Lipinski definition) is 5. The highest BCUT2D eigenvalue weighted by Gasteiger charge is 2.37. The lowest BCUT2D eigenvalue weighted by Crippen LogP contribution is -2.59. The summed E-state index contributed by atoms with van der Waals surface area (Å²) in [6.07, 6.45) is 4.95. The van der Waals surface area contributed by atoms with E-state index in [0.717, 1.165) is 31.7 Å². The molecule has 0 radical (unpaired) electrons. The van der Waals surface area contributed by atoms with Gasteiger partial charge in [-0.15, -0.1) is 37.2 Å². The van der Waals surface area contributed by atoms with E-state index in [4.69, 9.17) is 10.5 Å². The molecule has 150 valence electrons. The number of anilines is 1. The normalized spacial score (nSPS) is 19.4. The molecule has 0 saturated carbocycles. The van der Waals surface area contributed by atoms with Crippen LogP contribution in [0.2, 0.25) is 0 Å². The minimum absolute atomic E-state index is 0. The zero-order valence-corrected chi connectivity index (χ0v) is 17.4. The van der Waals surface area contributed by atoms with Crippen molar-refractivity contribution in [2.24, 2.45) is 5.73 Å². The van der Waals surface area contributed by atoms with Crippen LogP contribution in [0.4, 0.5) is 5.82 Å². The average Bonchev–Trinajstić information content (AvgIpc) is 2.57. The van der Waals surface area contributed by atoms with Gasteiger partial charge in [-0.3, -0.25) is 4.79 Å². The summed E-state index contributed by atoms with van der Waals surface area (Å²) in [5, 5.41) is 3.14. The number of hydrogen-bond donors (Lipinski definition) is 2. The number of pyridine rings is 1. The van der Waals surface area contributed by atoms with E-state index in [0.29, 0.717) is 26.1 Å². The molecule has 2 fully saturated rings. The van der Waals surface area contributed by atoms with Gasteiger partial charge in [-0.05, 0) is 44.2 Å². The fourth-order valence-electron chi connectivity index (χ4n) is 3.19. The van der Waals surface area contributed by atoms with Gasteiger partial charge in [0.15, 0.2) is 0 Å². The average molecular weight is 428 g/mol. The maximum absolute atomic E-state index is 12.5. The molecule has 2 saturated heterocycles. The predicted octanol–water partition coefficient (Wildman–Crippen LogP) is 2.25. The molecule has 2 aliphatic heterocycles. The van der Waals surface area contributed by atoms with E-state index in [2.05, 4.69) is 27.3 Å². The zero-order chi connectivity index (χ0) is 16.3. The van der Waals surface area contributed by atoms with E-state index in [1.807, 2.05) is 13.1 Å². The lowest BCUT2D eigenvalue weighted by molar-refractivity contribution is -0.130. The van der Waals surface area contributed by atoms with Crippen molar-refractivity contribution in [2.45, 2.75) is 44.2 Å². The topological polar surface area (TPSA) is 80.5 Å². The second-order valence-corrected chi connectivity index (χ2v) is 6.70. The summed E-state index contributed by atoms with van der Waals surface area (Å²) < 4.78 is 5.30. The molecule has 0 bridgehead atoms. The predicted molar refractivity (Wildman–Crippen MR) is 111 cm³/mol. The third-order valence-corrected chi connectivity index (χ3v) is 4.89. The van der Waals surface area contributed by atoms with Gasteiger partial charge in [0.25, 0.3) is 0 Å². The molecule has 0 spiro atoms. The van der Waals surface area contributed by atoms with Crippen molar-refractivity contribution in [3.63, 3.8) is 0 Å². The molecule has 0 aliphatic carbocycles. The Kier molecular flexibility index (Phi) is 10.8. The molecule has 1 aromatic heterocycles. The molecular formula is C17H29Cl3N4O2. The number of aryl methyl sites for hydroxylation is 1. The molecule has 9 heteroatoms. The van der Waals surface area contributed by atoms with Crippen LogP contribution in [0.3, 0.4) is 0 Å². The molecule has 1 amide bonds. The largest absolute Gasteiger partial charge is 0.381 e. The fourth-order valence-corrected chi connectivity index (χ4v) is 3.19. The van der Waals surface area contributed by atoms with Crippen LogP contribution in [0.15, 0.2) is 18.3 Å². The molecular weight excluding hydrogens is 399 g/mol. The van der Waals surface area contributed by atoms with Gasteiger partial charge in [0.2, 0.25) is 5.91 Å². The Hall–Kier alpha value is -0.790. The van der Waals surface area contributed by atoms with Gasteiger partial charge in [-0.25, -0.2) is 4.98 Å². The Morgan fingerprint density at radius 3 is 2.38 bits per heavy atom. The number of piperidine rings is 1. The van der Waals surface area contributed by atoms with Crippen LogP contribution in [0, 0.1) is 6.92 Å². The van der Waals surface area contributed by atoms with E-state index >= 15 is 0 Å². The highest BCUT2D eigenvalue weighted by atomic mass is 35.5. The molecule has 0 aromatic carbocycles. The second-order valence-electron chi connectivity index (χ2n) is 6.70. The molecule has 1 aromatic rings. The highest BCUT2D eigenvalue weighted by Crippen LogP contribution is 2.21. The zero-order valence-electron chi connectivity index (χ0n) is 15.0. The summed E-state index contributed by atoms with van der Waals surface area (Å²) in [5.41, 5.74) is 6.65. The number of nitrogens with two attached hydrogens (primary N) is 1. The minimum Gasteiger partial charge on any atom is -0.381 e. The van der Waals surface area contributed by atoms with Crippen molar-refractivity contribution in [2.75, 3.05) is 31.2 Å². The van der Waals surface area contributed by atoms with E-state index in [-0.39, 0.29) is 49.2 Å². The number of nitrogens with one attached hydrogen (secondary N) is 1. The quantitative estimate of drug-likeness (QED) is 0.773. The van der Waals surface area contributed by atoms with Gasteiger partial charge in [0.1, 0.15) is 5.82 Å². The van der Waals surface area contributed by atoms with E-state index in [9.17, 15) is 4.79 Å². The number of amides is 1. The molecule has 3 N–H and O–H groups in total. The van der Waals surface area contributed by atoms with Crippen LogP contribution >= 0.6 is 37.2 Å². The number of ether oxygens (including phenoxy) is 1. The van der Waals surface area contributed by atoms with Crippen molar-refractivity contribution in [1.29, 1.82) is 0 Å². The maximum Gasteiger partial charge on any atom is 0.240 e. The fraction of sp³-hybridized carbons (Fsp3) is 0.647. The first-order valence-electron chi connectivity index (χ1n) is 8.42. The molecule has 2 aliphatic rings. The van der Waals surface area contributed by atoms with Crippen molar-refractivity contribution in [3.8, 4) is 0 Å². The molecule has 0 atom stereocenters. The molecule has 3 rings (SSSR count). The number of rotatable bonds is 3. The van der Waals surface area contributed by atoms with Crippen LogP contribution in [0.5, 0.6) is 0 Å². The standard InChI is InChI=1S/C17H26N4O2.3ClH/c1-13-2-3-15(19-12-13)21-8-4-14(5-9-21)20-16(22)17(18)6-10-23-11-7-17;;;/h2-3,12,14H,4-11,18H2,1H3,(H,20,22);3*1H. The molecule has 26 heavy (non-hydrogen) atoms. The van der Waals surface area contributed by atoms with Crippen molar-refractivity contribution < 1.29 is 9.53 Å². The van der Waals surface area contributed by atoms with Crippen LogP contribution in [0.25, 0.3) is 0 Å². The summed E-state index contributed by atoms with van der Waals surface area (Å²) in [6.45, 7) is 4.99. The van der Waals surface area contributed by atoms with Gasteiger partial charge < -0.3 is 20.7 Å². The Labute approximate surface area is 173 Å². The van der Waals surface area contributed by atoms with Gasteiger partial charge in [0.05, 0.1) is 5.54 Å². The lowest BCUT2D eigenvalue weighted by Gasteiger charge is -2.37. The Morgan fingerprint density at radius 1 is 1.23 bits per heavy atom. The first kappa shape index (κ1) is 25.2. The second kappa shape index (κ2) is 11.1. The van der Waals surface area contributed by atoms with Crippen LogP contribution in [-0.2, 0) is 9.53 Å². The number of carbonyl (C=O) groups is 1. The third kappa shape index (κ3) is 6.13. The molecule has 6 nitrogen and oxygen atoms in total. The monoisotopic (exact) mass is 426 g/mol. The first-order chi connectivity index (χ1) is 11.1. The summed E-state index contributed by atoms with van der Waals surface area (Å²) in [5.74, 6) is 0.993. The van der Waals surface area contributed by atoms with Gasteiger partial charge in [-0.1, -0.05) is 6.07 Å².